The summed E-state index contributed by atoms with van der Waals surface area (Å²) in [5, 5.41) is 22.7. The number of carbonyl (C=O) groups is 2. The Bertz CT molecular complexity index is 1310. The Hall–Kier alpha value is -4.28. The standard InChI is InChI=1S/C28H24N6O2S2/c35-27(29-23-15-7-9-17-25(23)33-31-21-11-3-1-4-12-21)19-37-38-20-28(36)30-24-16-8-10-18-26(24)34-32-22-13-5-2-6-14-22/h1-18H,19-20H2,(H,29,35)(H,30,36)/b33-31+,34-32+. The largest absolute Gasteiger partial charge is 0.323 e. The molecular formula is C28H24N6O2S2. The van der Waals surface area contributed by atoms with E-state index in [0.29, 0.717) is 22.7 Å². The van der Waals surface area contributed by atoms with Crippen LogP contribution in [0.15, 0.2) is 130 Å². The van der Waals surface area contributed by atoms with Crippen LogP contribution in [-0.2, 0) is 9.59 Å². The maximum atomic E-state index is 12.5. The van der Waals surface area contributed by atoms with Gasteiger partial charge in [0.1, 0.15) is 11.4 Å². The first-order valence-corrected chi connectivity index (χ1v) is 14.1. The van der Waals surface area contributed by atoms with Gasteiger partial charge in [-0.15, -0.1) is 10.2 Å². The minimum Gasteiger partial charge on any atom is -0.323 e. The summed E-state index contributed by atoms with van der Waals surface area (Å²) < 4.78 is 0. The third kappa shape index (κ3) is 8.68. The predicted molar refractivity (Wildman–Crippen MR) is 156 cm³/mol. The number of hydrogen-bond acceptors (Lipinski definition) is 8. The van der Waals surface area contributed by atoms with Gasteiger partial charge in [0, 0.05) is 0 Å². The molecule has 0 unspecified atom stereocenters. The number of nitrogens with zero attached hydrogens (tertiary/aromatic N) is 4. The SMILES string of the molecule is O=C(CSSCC(=O)Nc1ccccc1/N=N/c1ccccc1)Nc1ccccc1/N=N/c1ccccc1. The molecular weight excluding hydrogens is 516 g/mol. The third-order valence-electron chi connectivity index (χ3n) is 4.88. The molecule has 8 nitrogen and oxygen atoms in total. The molecule has 0 saturated carbocycles. The smallest absolute Gasteiger partial charge is 0.235 e. The summed E-state index contributed by atoms with van der Waals surface area (Å²) in [6, 6.07) is 33.2. The van der Waals surface area contributed by atoms with Gasteiger partial charge in [-0.1, -0.05) is 82.3 Å². The number of anilines is 2. The molecule has 38 heavy (non-hydrogen) atoms. The Morgan fingerprint density at radius 1 is 0.500 bits per heavy atom. The van der Waals surface area contributed by atoms with Gasteiger partial charge >= 0.3 is 0 Å². The van der Waals surface area contributed by atoms with Crippen molar-refractivity contribution in [2.75, 3.05) is 22.1 Å². The Morgan fingerprint density at radius 2 is 0.868 bits per heavy atom. The van der Waals surface area contributed by atoms with Crippen LogP contribution in [0.25, 0.3) is 0 Å². The normalized spacial score (nSPS) is 11.1. The second kappa shape index (κ2) is 14.5. The van der Waals surface area contributed by atoms with Crippen molar-refractivity contribution >= 4 is 67.5 Å². The molecule has 0 fully saturated rings. The fraction of sp³-hybridized carbons (Fsp3) is 0.0714. The van der Waals surface area contributed by atoms with Crippen LogP contribution >= 0.6 is 21.6 Å². The van der Waals surface area contributed by atoms with E-state index in [4.69, 9.17) is 0 Å². The zero-order valence-electron chi connectivity index (χ0n) is 20.2. The molecule has 4 rings (SSSR count). The quantitative estimate of drug-likeness (QED) is 0.113. The molecule has 0 aliphatic carbocycles. The van der Waals surface area contributed by atoms with Gasteiger partial charge in [-0.25, -0.2) is 0 Å². The minimum absolute atomic E-state index is 0.171. The van der Waals surface area contributed by atoms with Crippen molar-refractivity contribution in [3.8, 4) is 0 Å². The average molecular weight is 541 g/mol. The summed E-state index contributed by atoms with van der Waals surface area (Å²) in [7, 11) is 2.59. The van der Waals surface area contributed by atoms with E-state index in [1.165, 1.54) is 21.6 Å². The number of hydrogen-bond donors (Lipinski definition) is 2. The fourth-order valence-electron chi connectivity index (χ4n) is 3.11. The fourth-order valence-corrected chi connectivity index (χ4v) is 4.78. The highest BCUT2D eigenvalue weighted by atomic mass is 33.1. The molecule has 4 aromatic carbocycles. The van der Waals surface area contributed by atoms with E-state index in [1.807, 2.05) is 84.9 Å². The van der Waals surface area contributed by atoms with Crippen LogP contribution in [0.4, 0.5) is 34.1 Å². The average Bonchev–Trinajstić information content (AvgIpc) is 2.95. The second-order valence-electron chi connectivity index (χ2n) is 7.73. The van der Waals surface area contributed by atoms with E-state index in [9.17, 15) is 9.59 Å². The molecule has 0 radical (unpaired) electrons. The first kappa shape index (κ1) is 26.8. The van der Waals surface area contributed by atoms with Crippen molar-refractivity contribution in [3.63, 3.8) is 0 Å². The predicted octanol–water partition coefficient (Wildman–Crippen LogP) is 8.48. The summed E-state index contributed by atoms with van der Waals surface area (Å²) in [5.41, 5.74) is 3.71. The molecule has 2 N–H and O–H groups in total. The molecule has 0 aliphatic rings. The molecule has 0 aliphatic heterocycles. The van der Waals surface area contributed by atoms with E-state index in [2.05, 4.69) is 31.1 Å². The number of nitrogens with one attached hydrogen (secondary N) is 2. The zero-order valence-corrected chi connectivity index (χ0v) is 21.9. The molecule has 0 spiro atoms. The van der Waals surface area contributed by atoms with Crippen molar-refractivity contribution < 1.29 is 9.59 Å². The van der Waals surface area contributed by atoms with Gasteiger partial charge in [-0.2, -0.15) is 10.2 Å². The van der Waals surface area contributed by atoms with Gasteiger partial charge in [0.05, 0.1) is 34.3 Å². The number of benzene rings is 4. The van der Waals surface area contributed by atoms with Crippen LogP contribution in [0.3, 0.4) is 0 Å². The van der Waals surface area contributed by atoms with Gasteiger partial charge in [-0.05, 0) is 48.5 Å². The van der Waals surface area contributed by atoms with E-state index < -0.39 is 0 Å². The molecule has 0 aromatic heterocycles. The van der Waals surface area contributed by atoms with Gasteiger partial charge in [0.15, 0.2) is 0 Å². The summed E-state index contributed by atoms with van der Waals surface area (Å²) in [4.78, 5) is 24.9. The topological polar surface area (TPSA) is 108 Å². The van der Waals surface area contributed by atoms with Crippen molar-refractivity contribution in [2.24, 2.45) is 20.5 Å². The summed E-state index contributed by atoms with van der Waals surface area (Å²) in [6.07, 6.45) is 0. The van der Waals surface area contributed by atoms with Crippen LogP contribution in [-0.4, -0.2) is 23.3 Å². The Labute approximate surface area is 228 Å². The number of rotatable bonds is 11. The van der Waals surface area contributed by atoms with E-state index in [-0.39, 0.29) is 23.3 Å². The lowest BCUT2D eigenvalue weighted by Crippen LogP contribution is -2.15. The number of carbonyl (C=O) groups excluding carboxylic acids is 2. The summed E-state index contributed by atoms with van der Waals surface area (Å²) >= 11 is 0. The van der Waals surface area contributed by atoms with Gasteiger partial charge in [0.25, 0.3) is 0 Å². The first-order chi connectivity index (χ1) is 18.7. The lowest BCUT2D eigenvalue weighted by molar-refractivity contribution is -0.114. The molecule has 4 aromatic rings. The van der Waals surface area contributed by atoms with Crippen LogP contribution in [0, 0.1) is 0 Å². The van der Waals surface area contributed by atoms with Gasteiger partial charge in [0.2, 0.25) is 11.8 Å². The van der Waals surface area contributed by atoms with Crippen molar-refractivity contribution in [2.45, 2.75) is 0 Å². The monoisotopic (exact) mass is 540 g/mol. The molecule has 0 saturated heterocycles. The maximum absolute atomic E-state index is 12.5. The maximum Gasteiger partial charge on any atom is 0.235 e. The Balaban J connectivity index is 1.23. The molecule has 190 valence electrons. The van der Waals surface area contributed by atoms with E-state index >= 15 is 0 Å². The van der Waals surface area contributed by atoms with Gasteiger partial charge in [-0.3, -0.25) is 9.59 Å². The molecule has 0 bridgehead atoms. The highest BCUT2D eigenvalue weighted by Crippen LogP contribution is 2.29. The van der Waals surface area contributed by atoms with Crippen LogP contribution < -0.4 is 10.6 Å². The summed E-state index contributed by atoms with van der Waals surface area (Å²) in [5.74, 6) is -0.0533. The lowest BCUT2D eigenvalue weighted by atomic mass is 10.2. The highest BCUT2D eigenvalue weighted by Gasteiger charge is 2.10. The third-order valence-corrected chi connectivity index (χ3v) is 7.01. The Kier molecular flexibility index (Phi) is 10.2. The van der Waals surface area contributed by atoms with E-state index in [1.54, 1.807) is 24.3 Å². The van der Waals surface area contributed by atoms with Crippen molar-refractivity contribution in [1.29, 1.82) is 0 Å². The zero-order chi connectivity index (χ0) is 26.4. The first-order valence-electron chi connectivity index (χ1n) is 11.6. The van der Waals surface area contributed by atoms with E-state index in [0.717, 1.165) is 11.4 Å². The second-order valence-corrected chi connectivity index (χ2v) is 10.2. The van der Waals surface area contributed by atoms with Crippen LogP contribution in [0.5, 0.6) is 0 Å². The van der Waals surface area contributed by atoms with Crippen LogP contribution in [0.2, 0.25) is 0 Å². The molecule has 10 heteroatoms. The number of amides is 2. The summed E-state index contributed by atoms with van der Waals surface area (Å²) in [6.45, 7) is 0. The minimum atomic E-state index is -0.197. The Morgan fingerprint density at radius 3 is 1.29 bits per heavy atom. The van der Waals surface area contributed by atoms with Crippen molar-refractivity contribution in [1.82, 2.24) is 0 Å². The molecule has 0 atom stereocenters. The van der Waals surface area contributed by atoms with Crippen molar-refractivity contribution in [3.05, 3.63) is 109 Å². The number of azo groups is 2. The molecule has 2 amide bonds. The number of para-hydroxylation sites is 2. The molecule has 0 heterocycles. The highest BCUT2D eigenvalue weighted by molar-refractivity contribution is 8.77. The lowest BCUT2D eigenvalue weighted by Gasteiger charge is -2.08. The van der Waals surface area contributed by atoms with Crippen LogP contribution in [0.1, 0.15) is 0 Å². The van der Waals surface area contributed by atoms with Gasteiger partial charge < -0.3 is 10.6 Å².